The van der Waals surface area contributed by atoms with E-state index >= 15 is 0 Å². The smallest absolute Gasteiger partial charge is 0.243 e. The van der Waals surface area contributed by atoms with Crippen molar-refractivity contribution in [3.05, 3.63) is 65.4 Å². The molecule has 42 heavy (non-hydrogen) atoms. The van der Waals surface area contributed by atoms with Crippen molar-refractivity contribution in [2.24, 2.45) is 18.9 Å². The largest absolute Gasteiger partial charge is 0.350 e. The molecule has 9 nitrogen and oxygen atoms in total. The van der Waals surface area contributed by atoms with Crippen LogP contribution < -0.4 is 10.6 Å². The first-order chi connectivity index (χ1) is 20.3. The van der Waals surface area contributed by atoms with Crippen LogP contribution in [-0.2, 0) is 34.4 Å². The summed E-state index contributed by atoms with van der Waals surface area (Å²) in [5, 5.41) is 11.8. The monoisotopic (exact) mass is 570 g/mol. The van der Waals surface area contributed by atoms with Crippen molar-refractivity contribution in [3.63, 3.8) is 0 Å². The van der Waals surface area contributed by atoms with Crippen LogP contribution in [0.15, 0.2) is 48.7 Å². The summed E-state index contributed by atoms with van der Waals surface area (Å²) in [5.74, 6) is -0.463. The molecule has 0 bridgehead atoms. The van der Waals surface area contributed by atoms with Crippen LogP contribution in [0.3, 0.4) is 0 Å². The summed E-state index contributed by atoms with van der Waals surface area (Å²) in [6.07, 6.45) is 6.83. The summed E-state index contributed by atoms with van der Waals surface area (Å²) in [6.45, 7) is 3.65. The zero-order valence-electron chi connectivity index (χ0n) is 24.9. The zero-order valence-corrected chi connectivity index (χ0v) is 24.9. The summed E-state index contributed by atoms with van der Waals surface area (Å²) >= 11 is 0. The fraction of sp³-hybridized carbons (Fsp3) is 0.515. The summed E-state index contributed by atoms with van der Waals surface area (Å²) in [5.41, 5.74) is 4.43. The number of rotatable bonds is 8. The second-order valence-corrected chi connectivity index (χ2v) is 12.5. The third-order valence-corrected chi connectivity index (χ3v) is 9.38. The molecule has 3 aromatic rings. The number of nitrogens with one attached hydrogen (secondary N) is 2. The number of likely N-dealkylation sites (tertiary alicyclic amines) is 1. The van der Waals surface area contributed by atoms with Crippen molar-refractivity contribution in [3.8, 4) is 0 Å². The minimum absolute atomic E-state index is 0.0465. The number of benzene rings is 2. The van der Waals surface area contributed by atoms with Gasteiger partial charge in [-0.25, -0.2) is 0 Å². The van der Waals surface area contributed by atoms with Crippen molar-refractivity contribution < 1.29 is 14.4 Å². The lowest BCUT2D eigenvalue weighted by Gasteiger charge is -2.36. The molecule has 4 atom stereocenters. The zero-order chi connectivity index (χ0) is 29.4. The number of hydrogen-bond donors (Lipinski definition) is 2. The van der Waals surface area contributed by atoms with Gasteiger partial charge in [-0.3, -0.25) is 19.1 Å². The van der Waals surface area contributed by atoms with Crippen LogP contribution in [0.4, 0.5) is 0 Å². The van der Waals surface area contributed by atoms with Gasteiger partial charge < -0.3 is 20.4 Å². The van der Waals surface area contributed by atoms with Crippen molar-refractivity contribution >= 4 is 28.6 Å². The molecule has 3 aliphatic rings. The second kappa shape index (κ2) is 11.9. The van der Waals surface area contributed by atoms with Crippen molar-refractivity contribution in [1.29, 1.82) is 0 Å². The molecular weight excluding hydrogens is 528 g/mol. The summed E-state index contributed by atoms with van der Waals surface area (Å²) in [4.78, 5) is 45.0. The predicted octanol–water partition coefficient (Wildman–Crippen LogP) is 2.95. The molecule has 222 valence electrons. The second-order valence-electron chi connectivity index (χ2n) is 12.5. The first kappa shape index (κ1) is 28.4. The third kappa shape index (κ3) is 5.93. The fourth-order valence-electron chi connectivity index (χ4n) is 6.75. The van der Waals surface area contributed by atoms with Gasteiger partial charge in [0.15, 0.2) is 0 Å². The predicted molar refractivity (Wildman–Crippen MR) is 161 cm³/mol. The number of aromatic nitrogens is 2. The average Bonchev–Trinajstić information content (AvgIpc) is 3.68. The van der Waals surface area contributed by atoms with E-state index in [1.54, 1.807) is 4.90 Å². The molecule has 3 heterocycles. The van der Waals surface area contributed by atoms with Gasteiger partial charge in [-0.15, -0.1) is 0 Å². The molecule has 1 aliphatic carbocycles. The van der Waals surface area contributed by atoms with Crippen LogP contribution in [0.1, 0.15) is 48.8 Å². The molecule has 2 aliphatic heterocycles. The molecule has 0 radical (unpaired) electrons. The molecule has 2 N–H and O–H groups in total. The Bertz CT molecular complexity index is 1460. The van der Waals surface area contributed by atoms with Gasteiger partial charge in [0.05, 0.1) is 23.7 Å². The Morgan fingerprint density at radius 1 is 1.07 bits per heavy atom. The molecule has 9 heteroatoms. The van der Waals surface area contributed by atoms with E-state index in [1.807, 2.05) is 48.1 Å². The number of carbonyl (C=O) groups is 3. The summed E-state index contributed by atoms with van der Waals surface area (Å²) in [6, 6.07) is 13.7. The van der Waals surface area contributed by atoms with Gasteiger partial charge >= 0.3 is 0 Å². The third-order valence-electron chi connectivity index (χ3n) is 9.38. The Morgan fingerprint density at radius 3 is 2.60 bits per heavy atom. The Kier molecular flexibility index (Phi) is 8.03. The minimum atomic E-state index is -0.603. The number of hydrogen-bond acceptors (Lipinski definition) is 5. The molecule has 1 aromatic heterocycles. The van der Waals surface area contributed by atoms with Gasteiger partial charge in [0.25, 0.3) is 0 Å². The minimum Gasteiger partial charge on any atom is -0.350 e. The maximum Gasteiger partial charge on any atom is 0.243 e. The average molecular weight is 571 g/mol. The normalized spacial score (nSPS) is 24.1. The van der Waals surface area contributed by atoms with E-state index in [1.165, 1.54) is 11.1 Å². The standard InChI is InChI=1S/C33H42N6O3/c1-21-6-8-22(9-7-21)15-24-17-29(31(40)35-18-23-10-13-28-25(16-23)19-36-38(28)3)39(20-24)33(42)30-27(5-4-14-34-30)32(41)37(2)26-11-12-26/h6-10,13,16,19,24,26-27,29-30,34H,4-5,11-12,14-15,17-18,20H2,1-3H3,(H,35,40)/t24-,27+,29+,30-/m1/s1. The van der Waals surface area contributed by atoms with Gasteiger partial charge in [-0.2, -0.15) is 5.10 Å². The van der Waals surface area contributed by atoms with Crippen LogP contribution in [0.2, 0.25) is 0 Å². The number of nitrogens with zero attached hydrogens (tertiary/aromatic N) is 4. The summed E-state index contributed by atoms with van der Waals surface area (Å²) < 4.78 is 1.83. The van der Waals surface area contributed by atoms with E-state index in [4.69, 9.17) is 0 Å². The van der Waals surface area contributed by atoms with E-state index in [2.05, 4.69) is 46.9 Å². The Hall–Kier alpha value is -3.72. The summed E-state index contributed by atoms with van der Waals surface area (Å²) in [7, 11) is 3.77. The molecule has 0 spiro atoms. The first-order valence-electron chi connectivity index (χ1n) is 15.3. The highest BCUT2D eigenvalue weighted by Crippen LogP contribution is 2.32. The van der Waals surface area contributed by atoms with Crippen molar-refractivity contribution in [2.75, 3.05) is 20.1 Å². The van der Waals surface area contributed by atoms with Crippen molar-refractivity contribution in [2.45, 2.75) is 70.1 Å². The maximum atomic E-state index is 14.2. The first-order valence-corrected chi connectivity index (χ1v) is 15.3. The van der Waals surface area contributed by atoms with Gasteiger partial charge in [0, 0.05) is 38.6 Å². The highest BCUT2D eigenvalue weighted by Gasteiger charge is 2.46. The number of fused-ring (bicyclic) bond motifs is 1. The highest BCUT2D eigenvalue weighted by molar-refractivity contribution is 5.94. The quantitative estimate of drug-likeness (QED) is 0.434. The lowest BCUT2D eigenvalue weighted by Crippen LogP contribution is -2.59. The lowest BCUT2D eigenvalue weighted by atomic mass is 9.88. The van der Waals surface area contributed by atoms with Gasteiger partial charge in [-0.1, -0.05) is 35.9 Å². The molecule has 6 rings (SSSR count). The SMILES string of the molecule is Cc1ccc(C[C@@H]2C[C@@H](C(=O)NCc3ccc4c(cnn4C)c3)N(C(=O)[C@@H]3NCCC[C@@H]3C(=O)N(C)C3CC3)C2)cc1. The van der Waals surface area contributed by atoms with E-state index in [-0.39, 0.29) is 23.6 Å². The highest BCUT2D eigenvalue weighted by atomic mass is 16.2. The Morgan fingerprint density at radius 2 is 1.83 bits per heavy atom. The fourth-order valence-corrected chi connectivity index (χ4v) is 6.75. The number of carbonyl (C=O) groups excluding carboxylic acids is 3. The van der Waals surface area contributed by atoms with Gasteiger partial charge in [0.2, 0.25) is 17.7 Å². The molecule has 2 saturated heterocycles. The molecule has 1 saturated carbocycles. The van der Waals surface area contributed by atoms with Crippen LogP contribution in [-0.4, -0.2) is 75.6 Å². The van der Waals surface area contributed by atoms with Crippen molar-refractivity contribution in [1.82, 2.24) is 30.2 Å². The number of piperidine rings is 1. The van der Waals surface area contributed by atoms with E-state index in [9.17, 15) is 14.4 Å². The number of amides is 3. The van der Waals surface area contributed by atoms with Crippen LogP contribution >= 0.6 is 0 Å². The van der Waals surface area contributed by atoms with E-state index in [0.717, 1.165) is 42.1 Å². The van der Waals surface area contributed by atoms with Gasteiger partial charge in [0.1, 0.15) is 6.04 Å². The lowest BCUT2D eigenvalue weighted by molar-refractivity contribution is -0.147. The van der Waals surface area contributed by atoms with Crippen LogP contribution in [0.5, 0.6) is 0 Å². The maximum absolute atomic E-state index is 14.2. The molecule has 3 amide bonds. The molecule has 3 fully saturated rings. The van der Waals surface area contributed by atoms with Crippen LogP contribution in [0, 0.1) is 18.8 Å². The van der Waals surface area contributed by atoms with Gasteiger partial charge in [-0.05, 0) is 81.2 Å². The molecule has 2 aromatic carbocycles. The van der Waals surface area contributed by atoms with Crippen LogP contribution in [0.25, 0.3) is 10.9 Å². The van der Waals surface area contributed by atoms with E-state index in [0.29, 0.717) is 38.5 Å². The van der Waals surface area contributed by atoms with E-state index < -0.39 is 18.0 Å². The molecule has 0 unspecified atom stereocenters. The Labute approximate surface area is 247 Å². The topological polar surface area (TPSA) is 99.6 Å². The number of aryl methyl sites for hydroxylation is 2. The Balaban J connectivity index is 1.19. The molecular formula is C33H42N6O3.